The molecule has 0 heterocycles. The van der Waals surface area contributed by atoms with Gasteiger partial charge in [-0.2, -0.15) is 0 Å². The number of methoxy groups -OCH3 is 1. The Morgan fingerprint density at radius 2 is 1.83 bits per heavy atom. The van der Waals surface area contributed by atoms with Crippen molar-refractivity contribution in [3.8, 4) is 5.75 Å². The summed E-state index contributed by atoms with van der Waals surface area (Å²) in [5.41, 5.74) is 0.518. The lowest BCUT2D eigenvalue weighted by atomic mass is 10.2. The van der Waals surface area contributed by atoms with Crippen molar-refractivity contribution in [1.82, 2.24) is 0 Å². The third kappa shape index (κ3) is 5.19. The zero-order valence-electron chi connectivity index (χ0n) is 11.0. The summed E-state index contributed by atoms with van der Waals surface area (Å²) in [4.78, 5) is 11.6. The van der Waals surface area contributed by atoms with Gasteiger partial charge in [0, 0.05) is 6.61 Å². The van der Waals surface area contributed by atoms with Gasteiger partial charge in [0.2, 0.25) is 0 Å². The Hall–Kier alpha value is -1.55. The van der Waals surface area contributed by atoms with E-state index in [1.807, 2.05) is 0 Å². The minimum Gasteiger partial charge on any atom is -0.497 e. The number of unbranched alkanes of at least 4 members (excludes halogenated alkanes) is 1. The van der Waals surface area contributed by atoms with Crippen LogP contribution in [0.25, 0.3) is 0 Å². The van der Waals surface area contributed by atoms with Crippen LogP contribution < -0.4 is 4.74 Å². The molecule has 0 aliphatic heterocycles. The molecule has 4 heteroatoms. The van der Waals surface area contributed by atoms with E-state index in [1.54, 1.807) is 31.4 Å². The highest BCUT2D eigenvalue weighted by atomic mass is 16.6. The zero-order valence-corrected chi connectivity index (χ0v) is 11.0. The maximum Gasteiger partial charge on any atom is 0.338 e. The lowest BCUT2D eigenvalue weighted by molar-refractivity contribution is 0.0314. The number of hydrogen-bond acceptors (Lipinski definition) is 4. The molecule has 0 aliphatic rings. The minimum atomic E-state index is -0.336. The zero-order chi connectivity index (χ0) is 13.2. The van der Waals surface area contributed by atoms with Gasteiger partial charge in [-0.25, -0.2) is 4.79 Å². The number of rotatable bonds is 8. The summed E-state index contributed by atoms with van der Waals surface area (Å²) in [5, 5.41) is 0. The van der Waals surface area contributed by atoms with E-state index in [2.05, 4.69) is 6.92 Å². The van der Waals surface area contributed by atoms with E-state index in [-0.39, 0.29) is 12.6 Å². The molecule has 0 aromatic heterocycles. The Balaban J connectivity index is 2.23. The van der Waals surface area contributed by atoms with Crippen molar-refractivity contribution in [2.75, 3.05) is 26.9 Å². The van der Waals surface area contributed by atoms with E-state index in [1.165, 1.54) is 0 Å². The van der Waals surface area contributed by atoms with Gasteiger partial charge in [0.05, 0.1) is 19.3 Å². The molecule has 0 bridgehead atoms. The van der Waals surface area contributed by atoms with Crippen LogP contribution in [0, 0.1) is 0 Å². The van der Waals surface area contributed by atoms with Crippen LogP contribution in [0.3, 0.4) is 0 Å². The fraction of sp³-hybridized carbons (Fsp3) is 0.500. The first-order valence-electron chi connectivity index (χ1n) is 6.17. The van der Waals surface area contributed by atoms with Crippen LogP contribution >= 0.6 is 0 Å². The van der Waals surface area contributed by atoms with Crippen molar-refractivity contribution >= 4 is 5.97 Å². The van der Waals surface area contributed by atoms with Gasteiger partial charge in [-0.1, -0.05) is 13.3 Å². The smallest absolute Gasteiger partial charge is 0.338 e. The second-order valence-electron chi connectivity index (χ2n) is 3.83. The Labute approximate surface area is 108 Å². The minimum absolute atomic E-state index is 0.286. The summed E-state index contributed by atoms with van der Waals surface area (Å²) in [5.74, 6) is 0.381. The predicted molar refractivity (Wildman–Crippen MR) is 69.0 cm³/mol. The first-order chi connectivity index (χ1) is 8.77. The topological polar surface area (TPSA) is 44.8 Å². The van der Waals surface area contributed by atoms with Gasteiger partial charge in [-0.05, 0) is 30.7 Å². The Morgan fingerprint density at radius 3 is 2.44 bits per heavy atom. The van der Waals surface area contributed by atoms with Crippen LogP contribution in [0.5, 0.6) is 5.75 Å². The molecule has 0 aliphatic carbocycles. The summed E-state index contributed by atoms with van der Waals surface area (Å²) in [7, 11) is 1.58. The number of ether oxygens (including phenoxy) is 3. The third-order valence-electron chi connectivity index (χ3n) is 2.43. The number of esters is 1. The van der Waals surface area contributed by atoms with Gasteiger partial charge in [0.15, 0.2) is 0 Å². The summed E-state index contributed by atoms with van der Waals surface area (Å²) in [6.07, 6.45) is 2.14. The van der Waals surface area contributed by atoms with Crippen molar-refractivity contribution in [2.45, 2.75) is 19.8 Å². The molecule has 4 nitrogen and oxygen atoms in total. The highest BCUT2D eigenvalue weighted by molar-refractivity contribution is 5.89. The maximum absolute atomic E-state index is 11.6. The number of benzene rings is 1. The monoisotopic (exact) mass is 252 g/mol. The number of carbonyl (C=O) groups excluding carboxylic acids is 1. The van der Waals surface area contributed by atoms with Crippen molar-refractivity contribution < 1.29 is 19.0 Å². The van der Waals surface area contributed by atoms with Gasteiger partial charge < -0.3 is 14.2 Å². The normalized spacial score (nSPS) is 10.1. The molecule has 0 spiro atoms. The first-order valence-corrected chi connectivity index (χ1v) is 6.17. The largest absolute Gasteiger partial charge is 0.497 e. The van der Waals surface area contributed by atoms with Crippen LogP contribution in [0.15, 0.2) is 24.3 Å². The van der Waals surface area contributed by atoms with Crippen LogP contribution in [0.1, 0.15) is 30.1 Å². The van der Waals surface area contributed by atoms with Crippen molar-refractivity contribution in [2.24, 2.45) is 0 Å². The Morgan fingerprint density at radius 1 is 1.11 bits per heavy atom. The standard InChI is InChI=1S/C14H20O4/c1-3-4-9-17-10-11-18-14(15)12-5-7-13(16-2)8-6-12/h5-8H,3-4,9-11H2,1-2H3. The maximum atomic E-state index is 11.6. The molecule has 0 atom stereocenters. The van der Waals surface area contributed by atoms with Crippen LogP contribution in [0.2, 0.25) is 0 Å². The van der Waals surface area contributed by atoms with Gasteiger partial charge in [0.25, 0.3) is 0 Å². The molecule has 100 valence electrons. The van der Waals surface area contributed by atoms with E-state index >= 15 is 0 Å². The molecule has 1 rings (SSSR count). The molecule has 0 amide bonds. The molecule has 0 fully saturated rings. The molecule has 0 saturated heterocycles. The van der Waals surface area contributed by atoms with E-state index in [0.29, 0.717) is 12.2 Å². The van der Waals surface area contributed by atoms with Gasteiger partial charge in [-0.3, -0.25) is 0 Å². The lowest BCUT2D eigenvalue weighted by Crippen LogP contribution is -2.11. The summed E-state index contributed by atoms with van der Waals surface area (Å²) in [6, 6.07) is 6.82. The van der Waals surface area contributed by atoms with Crippen LogP contribution in [-0.2, 0) is 9.47 Å². The second kappa shape index (κ2) is 8.53. The highest BCUT2D eigenvalue weighted by Crippen LogP contribution is 2.11. The molecule has 0 saturated carbocycles. The summed E-state index contributed by atoms with van der Waals surface area (Å²) < 4.78 is 15.4. The van der Waals surface area contributed by atoms with Crippen LogP contribution in [-0.4, -0.2) is 32.9 Å². The first kappa shape index (κ1) is 14.5. The van der Waals surface area contributed by atoms with Crippen molar-refractivity contribution in [3.63, 3.8) is 0 Å². The van der Waals surface area contributed by atoms with Crippen molar-refractivity contribution in [3.05, 3.63) is 29.8 Å². The molecular formula is C14H20O4. The van der Waals surface area contributed by atoms with E-state index < -0.39 is 0 Å². The number of carbonyl (C=O) groups is 1. The molecule has 1 aromatic carbocycles. The third-order valence-corrected chi connectivity index (χ3v) is 2.43. The summed E-state index contributed by atoms with van der Waals surface area (Å²) in [6.45, 7) is 3.56. The van der Waals surface area contributed by atoms with E-state index in [9.17, 15) is 4.79 Å². The molecule has 0 N–H and O–H groups in total. The second-order valence-corrected chi connectivity index (χ2v) is 3.83. The molecular weight excluding hydrogens is 232 g/mol. The molecule has 0 unspecified atom stereocenters. The molecule has 1 aromatic rings. The molecule has 18 heavy (non-hydrogen) atoms. The average Bonchev–Trinajstić information content (AvgIpc) is 2.42. The molecule has 0 radical (unpaired) electrons. The van der Waals surface area contributed by atoms with Gasteiger partial charge >= 0.3 is 5.97 Å². The quantitative estimate of drug-likeness (QED) is 0.527. The van der Waals surface area contributed by atoms with Crippen LogP contribution in [0.4, 0.5) is 0 Å². The van der Waals surface area contributed by atoms with E-state index in [0.717, 1.165) is 25.2 Å². The van der Waals surface area contributed by atoms with Gasteiger partial charge in [-0.15, -0.1) is 0 Å². The Bertz CT molecular complexity index is 345. The fourth-order valence-corrected chi connectivity index (χ4v) is 1.35. The van der Waals surface area contributed by atoms with E-state index in [4.69, 9.17) is 14.2 Å². The SMILES string of the molecule is CCCCOCCOC(=O)c1ccc(OC)cc1. The fourth-order valence-electron chi connectivity index (χ4n) is 1.35. The highest BCUT2D eigenvalue weighted by Gasteiger charge is 2.06. The lowest BCUT2D eigenvalue weighted by Gasteiger charge is -2.06. The predicted octanol–water partition coefficient (Wildman–Crippen LogP) is 2.67. The number of hydrogen-bond donors (Lipinski definition) is 0. The van der Waals surface area contributed by atoms with Gasteiger partial charge in [0.1, 0.15) is 12.4 Å². The van der Waals surface area contributed by atoms with Crippen molar-refractivity contribution in [1.29, 1.82) is 0 Å². The Kier molecular flexibility index (Phi) is 6.87. The summed E-state index contributed by atoms with van der Waals surface area (Å²) >= 11 is 0. The average molecular weight is 252 g/mol.